The molecule has 49 heavy (non-hydrogen) atoms. The Morgan fingerprint density at radius 2 is 1.73 bits per heavy atom. The molecule has 2 aromatic carbocycles. The fraction of sp³-hybridized carbons (Fsp3) is 0.455. The Hall–Kier alpha value is -4.83. The molecule has 1 aliphatic rings. The highest BCUT2D eigenvalue weighted by Gasteiger charge is 2.38. The maximum Gasteiger partial charge on any atom is 0.407 e. The molecular weight excluding hydrogens is 650 g/mol. The monoisotopic (exact) mass is 693 g/mol. The molecule has 4 rings (SSSR count). The van der Waals surface area contributed by atoms with E-state index in [4.69, 9.17) is 10.5 Å². The minimum Gasteiger partial charge on any atom is -0.445 e. The van der Waals surface area contributed by atoms with Gasteiger partial charge in [0.25, 0.3) is 5.24 Å². The van der Waals surface area contributed by atoms with Crippen molar-refractivity contribution < 1.29 is 28.7 Å². The molecule has 4 N–H and O–H groups in total. The molecule has 1 aliphatic heterocycles. The van der Waals surface area contributed by atoms with Crippen molar-refractivity contribution in [2.24, 2.45) is 5.73 Å². The molecule has 0 radical (unpaired) electrons. The number of nitrogens with two attached hydrogens (primary N) is 1. The summed E-state index contributed by atoms with van der Waals surface area (Å²) in [7, 11) is 0. The van der Waals surface area contributed by atoms with Crippen molar-refractivity contribution in [3.05, 3.63) is 66.2 Å². The number of hydrogen-bond donors (Lipinski definition) is 3. The summed E-state index contributed by atoms with van der Waals surface area (Å²) in [5.74, 6) is -1.19. The summed E-state index contributed by atoms with van der Waals surface area (Å²) in [5.41, 5.74) is 7.61. The summed E-state index contributed by atoms with van der Waals surface area (Å²) >= 11 is 0.819. The van der Waals surface area contributed by atoms with E-state index >= 15 is 0 Å². The van der Waals surface area contributed by atoms with Crippen LogP contribution in [0.5, 0.6) is 0 Å². The first-order valence-corrected chi connectivity index (χ1v) is 17.0. The third-order valence-electron chi connectivity index (χ3n) is 7.95. The third-order valence-corrected chi connectivity index (χ3v) is 8.80. The Morgan fingerprint density at radius 1 is 1.04 bits per heavy atom. The van der Waals surface area contributed by atoms with Gasteiger partial charge in [-0.05, 0) is 74.6 Å². The molecule has 3 aromatic rings. The van der Waals surface area contributed by atoms with Crippen LogP contribution in [0.3, 0.4) is 0 Å². The van der Waals surface area contributed by atoms with Gasteiger partial charge >= 0.3 is 6.09 Å². The molecule has 0 spiro atoms. The molecule has 2 heterocycles. The highest BCUT2D eigenvalue weighted by atomic mass is 32.2. The Kier molecular flexibility index (Phi) is 13.6. The van der Waals surface area contributed by atoms with Gasteiger partial charge in [-0.25, -0.2) is 4.79 Å². The van der Waals surface area contributed by atoms with E-state index in [1.165, 1.54) is 14.5 Å². The smallest absolute Gasteiger partial charge is 0.407 e. The van der Waals surface area contributed by atoms with Crippen molar-refractivity contribution in [2.75, 3.05) is 19.6 Å². The number of Topliss-reactive ketones (excluding diaryl/α,β-unsaturated/α-hetero) is 1. The number of para-hydroxylation sites is 1. The van der Waals surface area contributed by atoms with Crippen LogP contribution in [-0.4, -0.2) is 103 Å². The van der Waals surface area contributed by atoms with Crippen LogP contribution in [0.4, 0.5) is 9.59 Å². The Labute approximate surface area is 289 Å². The zero-order valence-electron chi connectivity index (χ0n) is 27.9. The van der Waals surface area contributed by atoms with Crippen LogP contribution < -0.4 is 16.4 Å². The van der Waals surface area contributed by atoms with Gasteiger partial charge in [-0.1, -0.05) is 48.5 Å². The normalized spacial score (nSPS) is 15.4. The number of likely N-dealkylation sites (tertiary alicyclic amines) is 1. The van der Waals surface area contributed by atoms with Crippen LogP contribution in [0.1, 0.15) is 52.0 Å². The number of ketones is 1. The number of ether oxygens (including phenoxy) is 1. The van der Waals surface area contributed by atoms with Gasteiger partial charge in [0.2, 0.25) is 17.0 Å². The van der Waals surface area contributed by atoms with Gasteiger partial charge in [0, 0.05) is 30.9 Å². The number of tetrazole rings is 1. The fourth-order valence-corrected chi connectivity index (χ4v) is 6.11. The van der Waals surface area contributed by atoms with Crippen molar-refractivity contribution in [1.82, 2.24) is 40.6 Å². The van der Waals surface area contributed by atoms with Gasteiger partial charge in [0.1, 0.15) is 12.6 Å². The SMILES string of the molecule is CC(C)N(CC(=O)C1CCCN1C(=O)[C@H](C)NC(=O)C(N)CCCNC(=O)OCc1ccccc1)C(=O)Sc1nnnn1-c1ccccc1. The molecular formula is C33H43N9O6S. The topological polar surface area (TPSA) is 195 Å². The number of benzene rings is 2. The number of amides is 4. The second-order valence-corrected chi connectivity index (χ2v) is 12.8. The number of nitrogens with zero attached hydrogens (tertiary/aromatic N) is 6. The van der Waals surface area contributed by atoms with E-state index in [9.17, 15) is 24.0 Å². The van der Waals surface area contributed by atoms with E-state index in [1.807, 2.05) is 60.7 Å². The number of aromatic nitrogens is 4. The Bertz CT molecular complexity index is 1570. The number of thioether (sulfide) groups is 1. The van der Waals surface area contributed by atoms with Gasteiger partial charge in [0.05, 0.1) is 24.3 Å². The first kappa shape index (κ1) is 37.0. The highest BCUT2D eigenvalue weighted by Crippen LogP contribution is 2.24. The van der Waals surface area contributed by atoms with Crippen LogP contribution in [0.2, 0.25) is 0 Å². The van der Waals surface area contributed by atoms with Gasteiger partial charge in [-0.3, -0.25) is 19.2 Å². The van der Waals surface area contributed by atoms with Crippen LogP contribution in [-0.2, 0) is 25.7 Å². The fourth-order valence-electron chi connectivity index (χ4n) is 5.26. The number of hydrogen-bond acceptors (Lipinski definition) is 11. The molecule has 0 aliphatic carbocycles. The van der Waals surface area contributed by atoms with Crippen molar-refractivity contribution >= 4 is 40.7 Å². The van der Waals surface area contributed by atoms with E-state index in [0.29, 0.717) is 31.5 Å². The molecule has 1 aromatic heterocycles. The Balaban J connectivity index is 1.23. The lowest BCUT2D eigenvalue weighted by Crippen LogP contribution is -2.54. The molecule has 4 amide bonds. The number of carbonyl (C=O) groups is 5. The minimum atomic E-state index is -0.923. The van der Waals surface area contributed by atoms with E-state index in [2.05, 4.69) is 26.2 Å². The Morgan fingerprint density at radius 3 is 2.43 bits per heavy atom. The van der Waals surface area contributed by atoms with E-state index in [1.54, 1.807) is 20.8 Å². The molecule has 15 nitrogen and oxygen atoms in total. The molecule has 0 bridgehead atoms. The van der Waals surface area contributed by atoms with E-state index in [-0.39, 0.29) is 43.1 Å². The van der Waals surface area contributed by atoms with Crippen LogP contribution in [0.25, 0.3) is 5.69 Å². The highest BCUT2D eigenvalue weighted by molar-refractivity contribution is 8.13. The molecule has 0 saturated carbocycles. The average molecular weight is 694 g/mol. The van der Waals surface area contributed by atoms with Crippen LogP contribution >= 0.6 is 11.8 Å². The maximum atomic E-state index is 13.5. The van der Waals surface area contributed by atoms with E-state index < -0.39 is 41.3 Å². The second-order valence-electron chi connectivity index (χ2n) is 11.9. The maximum absolute atomic E-state index is 13.5. The van der Waals surface area contributed by atoms with Gasteiger partial charge < -0.3 is 30.9 Å². The minimum absolute atomic E-state index is 0.148. The lowest BCUT2D eigenvalue weighted by molar-refractivity contribution is -0.140. The molecule has 1 fully saturated rings. The summed E-state index contributed by atoms with van der Waals surface area (Å²) in [5, 5.41) is 16.8. The average Bonchev–Trinajstić information content (AvgIpc) is 3.78. The van der Waals surface area contributed by atoms with Crippen LogP contribution in [0.15, 0.2) is 65.8 Å². The van der Waals surface area contributed by atoms with Crippen molar-refractivity contribution in [3.8, 4) is 5.69 Å². The lowest BCUT2D eigenvalue weighted by atomic mass is 10.1. The van der Waals surface area contributed by atoms with Crippen molar-refractivity contribution in [2.45, 2.75) is 82.4 Å². The summed E-state index contributed by atoms with van der Waals surface area (Å²) < 4.78 is 6.61. The number of carbonyl (C=O) groups excluding carboxylic acids is 5. The zero-order valence-corrected chi connectivity index (χ0v) is 28.7. The zero-order chi connectivity index (χ0) is 35.3. The molecule has 16 heteroatoms. The standard InChI is InChI=1S/C33H43N9O6S/c1-22(2)41(33(47)49-31-37-38-39-42(31)25-14-8-5-9-15-25)20-28(43)27-17-11-19-40(27)30(45)23(3)36-29(44)26(34)16-10-18-35-32(46)48-21-24-12-6-4-7-13-24/h4-9,12-15,22-23,26-27H,10-11,16-21,34H2,1-3H3,(H,35,46)(H,36,44)/t23-,26?,27?/m0/s1. The summed E-state index contributed by atoms with van der Waals surface area (Å²) in [6, 6.07) is 15.5. The quantitative estimate of drug-likeness (QED) is 0.156. The number of alkyl carbamates (subject to hydrolysis) is 1. The van der Waals surface area contributed by atoms with Crippen molar-refractivity contribution in [3.63, 3.8) is 0 Å². The summed E-state index contributed by atoms with van der Waals surface area (Å²) in [6.45, 7) is 5.72. The summed E-state index contributed by atoms with van der Waals surface area (Å²) in [6.07, 6.45) is 1.18. The van der Waals surface area contributed by atoms with Crippen LogP contribution in [0, 0.1) is 0 Å². The third kappa shape index (κ3) is 10.6. The predicted octanol–water partition coefficient (Wildman–Crippen LogP) is 2.68. The number of nitrogens with one attached hydrogen (secondary N) is 2. The van der Waals surface area contributed by atoms with Gasteiger partial charge in [-0.15, -0.1) is 5.10 Å². The second kappa shape index (κ2) is 18.1. The predicted molar refractivity (Wildman–Crippen MR) is 181 cm³/mol. The largest absolute Gasteiger partial charge is 0.445 e. The van der Waals surface area contributed by atoms with Crippen molar-refractivity contribution in [1.29, 1.82) is 0 Å². The molecule has 1 saturated heterocycles. The molecule has 3 atom stereocenters. The van der Waals surface area contributed by atoms with Gasteiger partial charge in [0.15, 0.2) is 5.78 Å². The van der Waals surface area contributed by atoms with E-state index in [0.717, 1.165) is 17.3 Å². The first-order chi connectivity index (χ1) is 23.5. The lowest BCUT2D eigenvalue weighted by Gasteiger charge is -2.30. The first-order valence-electron chi connectivity index (χ1n) is 16.2. The summed E-state index contributed by atoms with van der Waals surface area (Å²) in [4.78, 5) is 67.9. The number of rotatable bonds is 15. The molecule has 262 valence electrons. The van der Waals surface area contributed by atoms with Gasteiger partial charge in [-0.2, -0.15) is 4.68 Å². The molecule has 2 unspecified atom stereocenters.